The van der Waals surface area contributed by atoms with Gasteiger partial charge < -0.3 is 10.3 Å². The minimum absolute atomic E-state index is 0.295. The SMILES string of the molecule is CCCCCCN(C)CC(=N)CC(=Nc1ccccc1Cl)c1ccc(-c2cccc(S(C)(=O)=O)c2)s1. The largest absolute Gasteiger partial charge is 0.308 e. The number of para-hydroxylation sites is 1. The van der Waals surface area contributed by atoms with Crippen LogP contribution in [0.5, 0.6) is 0 Å². The van der Waals surface area contributed by atoms with Crippen molar-refractivity contribution in [3.8, 4) is 10.4 Å². The summed E-state index contributed by atoms with van der Waals surface area (Å²) in [6.07, 6.45) is 6.43. The predicted octanol–water partition coefficient (Wildman–Crippen LogP) is 7.51. The van der Waals surface area contributed by atoms with Crippen LogP contribution in [-0.4, -0.2) is 51.1 Å². The molecule has 0 spiro atoms. The molecule has 0 unspecified atom stereocenters. The Balaban J connectivity index is 1.85. The molecule has 0 aliphatic heterocycles. The third kappa shape index (κ3) is 8.37. The van der Waals surface area contributed by atoms with E-state index in [9.17, 15) is 8.42 Å². The van der Waals surface area contributed by atoms with Crippen molar-refractivity contribution in [2.24, 2.45) is 4.99 Å². The van der Waals surface area contributed by atoms with Crippen LogP contribution in [0.4, 0.5) is 5.69 Å². The lowest BCUT2D eigenvalue weighted by molar-refractivity contribution is 0.365. The first-order valence-corrected chi connectivity index (χ1v) is 15.2. The number of aliphatic imine (C=N–C) groups is 1. The van der Waals surface area contributed by atoms with Gasteiger partial charge in [-0.3, -0.25) is 4.99 Å². The molecule has 2 aromatic carbocycles. The van der Waals surface area contributed by atoms with Gasteiger partial charge in [-0.1, -0.05) is 62.1 Å². The summed E-state index contributed by atoms with van der Waals surface area (Å²) in [4.78, 5) is 9.24. The number of halogens is 1. The molecule has 1 N–H and O–H groups in total. The summed E-state index contributed by atoms with van der Waals surface area (Å²) >= 11 is 7.94. The van der Waals surface area contributed by atoms with Crippen molar-refractivity contribution in [1.29, 1.82) is 5.41 Å². The second-order valence-corrected chi connectivity index (χ2v) is 12.6. The number of rotatable bonds is 13. The molecule has 0 aliphatic rings. The Kier molecular flexibility index (Phi) is 10.4. The summed E-state index contributed by atoms with van der Waals surface area (Å²) in [5.74, 6) is 0. The molecule has 0 aliphatic carbocycles. The topological polar surface area (TPSA) is 73.6 Å². The second kappa shape index (κ2) is 13.3. The van der Waals surface area contributed by atoms with E-state index in [1.165, 1.54) is 36.9 Å². The second-order valence-electron chi connectivity index (χ2n) is 9.05. The van der Waals surface area contributed by atoms with E-state index in [1.54, 1.807) is 18.2 Å². The Morgan fingerprint density at radius 1 is 1.06 bits per heavy atom. The van der Waals surface area contributed by atoms with Crippen molar-refractivity contribution < 1.29 is 8.42 Å². The molecule has 3 aromatic rings. The molecule has 0 fully saturated rings. The summed E-state index contributed by atoms with van der Waals surface area (Å²) in [5, 5.41) is 9.25. The lowest BCUT2D eigenvalue weighted by atomic mass is 10.1. The van der Waals surface area contributed by atoms with E-state index in [4.69, 9.17) is 22.0 Å². The molecule has 0 atom stereocenters. The average Bonchev–Trinajstić information content (AvgIpc) is 3.33. The summed E-state index contributed by atoms with van der Waals surface area (Å²) < 4.78 is 24.0. The third-order valence-electron chi connectivity index (χ3n) is 5.78. The first kappa shape index (κ1) is 28.3. The fourth-order valence-corrected chi connectivity index (χ4v) is 5.70. The monoisotopic (exact) mass is 543 g/mol. The van der Waals surface area contributed by atoms with Crippen LogP contribution in [-0.2, 0) is 9.84 Å². The zero-order valence-corrected chi connectivity index (χ0v) is 23.5. The van der Waals surface area contributed by atoms with Crippen molar-refractivity contribution in [2.45, 2.75) is 43.9 Å². The van der Waals surface area contributed by atoms with Gasteiger partial charge in [0.15, 0.2) is 9.84 Å². The van der Waals surface area contributed by atoms with Crippen LogP contribution in [0, 0.1) is 5.41 Å². The summed E-state index contributed by atoms with van der Waals surface area (Å²) in [7, 11) is -1.23. The van der Waals surface area contributed by atoms with Gasteiger partial charge in [0, 0.05) is 34.7 Å². The normalized spacial score (nSPS) is 12.3. The summed E-state index contributed by atoms with van der Waals surface area (Å²) in [6, 6.07) is 18.4. The van der Waals surface area contributed by atoms with Crippen molar-refractivity contribution in [3.05, 3.63) is 70.6 Å². The fourth-order valence-electron chi connectivity index (χ4n) is 3.87. The zero-order valence-electron chi connectivity index (χ0n) is 21.1. The van der Waals surface area contributed by atoms with Crippen LogP contribution in [0.2, 0.25) is 5.02 Å². The molecular weight excluding hydrogens is 510 g/mol. The van der Waals surface area contributed by atoms with E-state index < -0.39 is 9.84 Å². The summed E-state index contributed by atoms with van der Waals surface area (Å²) in [5.41, 5.74) is 2.88. The molecule has 1 aromatic heterocycles. The summed E-state index contributed by atoms with van der Waals surface area (Å²) in [6.45, 7) is 3.76. The first-order chi connectivity index (χ1) is 17.2. The van der Waals surface area contributed by atoms with E-state index in [1.807, 2.05) is 42.5 Å². The molecule has 0 radical (unpaired) electrons. The quantitative estimate of drug-likeness (QED) is 0.179. The number of thiophene rings is 1. The molecule has 0 bridgehead atoms. The molecule has 5 nitrogen and oxygen atoms in total. The van der Waals surface area contributed by atoms with Gasteiger partial charge >= 0.3 is 0 Å². The highest BCUT2D eigenvalue weighted by atomic mass is 35.5. The molecule has 0 saturated carbocycles. The Morgan fingerprint density at radius 3 is 2.56 bits per heavy atom. The number of unbranched alkanes of at least 4 members (excludes halogenated alkanes) is 3. The number of sulfone groups is 1. The van der Waals surface area contributed by atoms with E-state index in [-0.39, 0.29) is 0 Å². The van der Waals surface area contributed by atoms with Gasteiger partial charge in [0.05, 0.1) is 21.3 Å². The first-order valence-electron chi connectivity index (χ1n) is 12.1. The Hall–Kier alpha value is -2.32. The van der Waals surface area contributed by atoms with E-state index in [0.29, 0.717) is 34.3 Å². The molecule has 0 amide bonds. The minimum atomic E-state index is -3.29. The Bertz CT molecular complexity index is 1320. The van der Waals surface area contributed by atoms with Crippen molar-refractivity contribution in [1.82, 2.24) is 4.90 Å². The van der Waals surface area contributed by atoms with Gasteiger partial charge in [0.25, 0.3) is 0 Å². The molecule has 3 rings (SSSR count). The number of hydrogen-bond acceptors (Lipinski definition) is 6. The van der Waals surface area contributed by atoms with Crippen LogP contribution in [0.3, 0.4) is 0 Å². The average molecular weight is 544 g/mol. The Labute approximate surface area is 224 Å². The number of nitrogens with one attached hydrogen (secondary N) is 1. The van der Waals surface area contributed by atoms with Gasteiger partial charge in [-0.05, 0) is 62.0 Å². The number of benzene rings is 2. The standard InChI is InChI=1S/C28H34ClN3O2S2/c1-4-5-6-9-17-32(2)20-22(30)19-26(31-25-14-8-7-13-24(25)29)28-16-15-27(35-28)21-11-10-12-23(18-21)36(3,33)34/h7-8,10-16,18,30H,4-6,9,17,19-20H2,1-3H3. The molecule has 8 heteroatoms. The number of nitrogens with zero attached hydrogens (tertiary/aromatic N) is 2. The maximum atomic E-state index is 12.0. The van der Waals surface area contributed by atoms with Crippen LogP contribution in [0.25, 0.3) is 10.4 Å². The van der Waals surface area contributed by atoms with Crippen molar-refractivity contribution in [2.75, 3.05) is 26.4 Å². The molecule has 36 heavy (non-hydrogen) atoms. The highest BCUT2D eigenvalue weighted by Crippen LogP contribution is 2.32. The minimum Gasteiger partial charge on any atom is -0.308 e. The highest BCUT2D eigenvalue weighted by Gasteiger charge is 2.15. The molecule has 0 saturated heterocycles. The van der Waals surface area contributed by atoms with Crippen molar-refractivity contribution in [3.63, 3.8) is 0 Å². The van der Waals surface area contributed by atoms with E-state index in [0.717, 1.165) is 34.0 Å². The van der Waals surface area contributed by atoms with Crippen molar-refractivity contribution >= 4 is 49.9 Å². The zero-order chi connectivity index (χ0) is 26.1. The lowest BCUT2D eigenvalue weighted by Crippen LogP contribution is -2.27. The van der Waals surface area contributed by atoms with Crippen LogP contribution in [0.1, 0.15) is 43.9 Å². The van der Waals surface area contributed by atoms with E-state index in [2.05, 4.69) is 18.9 Å². The number of hydrogen-bond donors (Lipinski definition) is 1. The van der Waals surface area contributed by atoms with Gasteiger partial charge in [0.1, 0.15) is 0 Å². The van der Waals surface area contributed by atoms with Crippen LogP contribution < -0.4 is 0 Å². The van der Waals surface area contributed by atoms with Gasteiger partial charge in [-0.2, -0.15) is 0 Å². The molecule has 1 heterocycles. The molecular formula is C28H34ClN3O2S2. The maximum Gasteiger partial charge on any atom is 0.175 e. The van der Waals surface area contributed by atoms with E-state index >= 15 is 0 Å². The third-order valence-corrected chi connectivity index (χ3v) is 8.39. The van der Waals surface area contributed by atoms with Gasteiger partial charge in [-0.25, -0.2) is 8.42 Å². The Morgan fingerprint density at radius 2 is 1.83 bits per heavy atom. The molecule has 192 valence electrons. The fraction of sp³-hybridized carbons (Fsp3) is 0.357. The maximum absolute atomic E-state index is 12.0. The highest BCUT2D eigenvalue weighted by molar-refractivity contribution is 7.90. The van der Waals surface area contributed by atoms with Gasteiger partial charge in [-0.15, -0.1) is 11.3 Å². The predicted molar refractivity (Wildman–Crippen MR) is 154 cm³/mol. The smallest absolute Gasteiger partial charge is 0.175 e. The van der Waals surface area contributed by atoms with Crippen LogP contribution >= 0.6 is 22.9 Å². The lowest BCUT2D eigenvalue weighted by Gasteiger charge is -2.17. The van der Waals surface area contributed by atoms with Crippen LogP contribution in [0.15, 0.2) is 70.6 Å². The van der Waals surface area contributed by atoms with Gasteiger partial charge in [0.2, 0.25) is 0 Å².